The SMILES string of the molecule is CC(C)NC(=O)CN1CCN(C(=O)c2ccccn2)CC1. The summed E-state index contributed by atoms with van der Waals surface area (Å²) >= 11 is 0. The molecule has 0 aliphatic carbocycles. The Kier molecular flexibility index (Phi) is 5.27. The normalized spacial score (nSPS) is 16.0. The zero-order valence-electron chi connectivity index (χ0n) is 12.6. The number of aromatic nitrogens is 1. The lowest BCUT2D eigenvalue weighted by atomic mass is 10.2. The molecule has 0 atom stereocenters. The molecule has 21 heavy (non-hydrogen) atoms. The summed E-state index contributed by atoms with van der Waals surface area (Å²) in [5.41, 5.74) is 0.475. The molecule has 0 radical (unpaired) electrons. The molecule has 1 aromatic rings. The summed E-state index contributed by atoms with van der Waals surface area (Å²) in [5.74, 6) is -0.00335. The van der Waals surface area contributed by atoms with Crippen molar-refractivity contribution in [1.82, 2.24) is 20.1 Å². The van der Waals surface area contributed by atoms with Crippen molar-refractivity contribution >= 4 is 11.8 Å². The first-order valence-corrected chi connectivity index (χ1v) is 7.28. The first-order chi connectivity index (χ1) is 10.1. The van der Waals surface area contributed by atoms with Crippen LogP contribution in [0.2, 0.25) is 0 Å². The maximum atomic E-state index is 12.2. The minimum Gasteiger partial charge on any atom is -0.353 e. The van der Waals surface area contributed by atoms with Gasteiger partial charge in [0.2, 0.25) is 5.91 Å². The molecular formula is C15H22N4O2. The smallest absolute Gasteiger partial charge is 0.272 e. The van der Waals surface area contributed by atoms with Crippen LogP contribution in [0.15, 0.2) is 24.4 Å². The Morgan fingerprint density at radius 3 is 2.52 bits per heavy atom. The van der Waals surface area contributed by atoms with Crippen LogP contribution in [-0.2, 0) is 4.79 Å². The minimum absolute atomic E-state index is 0.0366. The maximum absolute atomic E-state index is 12.2. The molecule has 114 valence electrons. The number of pyridine rings is 1. The third kappa shape index (κ3) is 4.53. The Bertz CT molecular complexity index is 482. The molecule has 0 unspecified atom stereocenters. The highest BCUT2D eigenvalue weighted by atomic mass is 16.2. The molecule has 1 saturated heterocycles. The topological polar surface area (TPSA) is 65.5 Å². The van der Waals surface area contributed by atoms with E-state index in [4.69, 9.17) is 0 Å². The van der Waals surface area contributed by atoms with Crippen molar-refractivity contribution in [2.75, 3.05) is 32.7 Å². The highest BCUT2D eigenvalue weighted by Gasteiger charge is 2.23. The molecule has 1 aromatic heterocycles. The average Bonchev–Trinajstić information content (AvgIpc) is 2.47. The Morgan fingerprint density at radius 1 is 1.24 bits per heavy atom. The van der Waals surface area contributed by atoms with Crippen molar-refractivity contribution in [1.29, 1.82) is 0 Å². The van der Waals surface area contributed by atoms with Crippen LogP contribution in [0.25, 0.3) is 0 Å². The number of nitrogens with one attached hydrogen (secondary N) is 1. The van der Waals surface area contributed by atoms with Crippen molar-refractivity contribution in [2.24, 2.45) is 0 Å². The molecule has 1 N–H and O–H groups in total. The Labute approximate surface area is 125 Å². The second kappa shape index (κ2) is 7.17. The van der Waals surface area contributed by atoms with Gasteiger partial charge >= 0.3 is 0 Å². The number of nitrogens with zero attached hydrogens (tertiary/aromatic N) is 3. The first kappa shape index (κ1) is 15.4. The maximum Gasteiger partial charge on any atom is 0.272 e. The molecular weight excluding hydrogens is 268 g/mol. The van der Waals surface area contributed by atoms with Gasteiger partial charge in [0.25, 0.3) is 5.91 Å². The van der Waals surface area contributed by atoms with Gasteiger partial charge in [0.1, 0.15) is 5.69 Å². The van der Waals surface area contributed by atoms with Gasteiger partial charge < -0.3 is 10.2 Å². The summed E-state index contributed by atoms with van der Waals surface area (Å²) in [7, 11) is 0. The predicted octanol–water partition coefficient (Wildman–Crippen LogP) is 0.364. The van der Waals surface area contributed by atoms with Crippen molar-refractivity contribution in [2.45, 2.75) is 19.9 Å². The summed E-state index contributed by atoms with van der Waals surface area (Å²) in [4.78, 5) is 31.9. The molecule has 0 bridgehead atoms. The summed E-state index contributed by atoms with van der Waals surface area (Å²) < 4.78 is 0. The van der Waals surface area contributed by atoms with Gasteiger partial charge in [-0.1, -0.05) is 6.07 Å². The number of hydrogen-bond acceptors (Lipinski definition) is 4. The largest absolute Gasteiger partial charge is 0.353 e. The molecule has 6 nitrogen and oxygen atoms in total. The van der Waals surface area contributed by atoms with Crippen LogP contribution in [0.5, 0.6) is 0 Å². The van der Waals surface area contributed by atoms with Gasteiger partial charge in [-0.25, -0.2) is 0 Å². The van der Waals surface area contributed by atoms with E-state index in [0.717, 1.165) is 0 Å². The van der Waals surface area contributed by atoms with Gasteiger partial charge in [0.05, 0.1) is 6.54 Å². The minimum atomic E-state index is -0.0399. The Hall–Kier alpha value is -1.95. The molecule has 2 heterocycles. The van der Waals surface area contributed by atoms with E-state index in [1.54, 1.807) is 23.2 Å². The van der Waals surface area contributed by atoms with E-state index in [9.17, 15) is 9.59 Å². The summed E-state index contributed by atoms with van der Waals surface area (Å²) in [6.07, 6.45) is 1.62. The van der Waals surface area contributed by atoms with Crippen LogP contribution < -0.4 is 5.32 Å². The van der Waals surface area contributed by atoms with Gasteiger partial charge in [0.15, 0.2) is 0 Å². The zero-order chi connectivity index (χ0) is 15.2. The summed E-state index contributed by atoms with van der Waals surface area (Å²) in [6.45, 7) is 6.97. The molecule has 2 amide bonds. The number of rotatable bonds is 4. The number of piperazine rings is 1. The fourth-order valence-corrected chi connectivity index (χ4v) is 2.33. The van der Waals surface area contributed by atoms with Gasteiger partial charge in [-0.15, -0.1) is 0 Å². The molecule has 1 aliphatic rings. The monoisotopic (exact) mass is 290 g/mol. The van der Waals surface area contributed by atoms with Crippen LogP contribution in [0.1, 0.15) is 24.3 Å². The molecule has 6 heteroatoms. The molecule has 0 spiro atoms. The van der Waals surface area contributed by atoms with Crippen LogP contribution in [0.4, 0.5) is 0 Å². The lowest BCUT2D eigenvalue weighted by molar-refractivity contribution is -0.123. The number of carbonyl (C=O) groups is 2. The van der Waals surface area contributed by atoms with E-state index >= 15 is 0 Å². The fraction of sp³-hybridized carbons (Fsp3) is 0.533. The summed E-state index contributed by atoms with van der Waals surface area (Å²) in [6, 6.07) is 5.49. The van der Waals surface area contributed by atoms with E-state index in [2.05, 4.69) is 15.2 Å². The Balaban J connectivity index is 1.81. The number of hydrogen-bond donors (Lipinski definition) is 1. The van der Waals surface area contributed by atoms with Crippen LogP contribution >= 0.6 is 0 Å². The van der Waals surface area contributed by atoms with E-state index in [-0.39, 0.29) is 17.9 Å². The van der Waals surface area contributed by atoms with Crippen molar-refractivity contribution in [3.8, 4) is 0 Å². The summed E-state index contributed by atoms with van der Waals surface area (Å²) in [5, 5.41) is 2.88. The Morgan fingerprint density at radius 2 is 1.95 bits per heavy atom. The third-order valence-electron chi connectivity index (χ3n) is 3.36. The number of amides is 2. The lowest BCUT2D eigenvalue weighted by Crippen LogP contribution is -2.51. The van der Waals surface area contributed by atoms with E-state index in [1.165, 1.54) is 0 Å². The third-order valence-corrected chi connectivity index (χ3v) is 3.36. The van der Waals surface area contributed by atoms with Gasteiger partial charge in [0, 0.05) is 38.4 Å². The molecule has 2 rings (SSSR count). The molecule has 0 aromatic carbocycles. The van der Waals surface area contributed by atoms with E-state index in [0.29, 0.717) is 38.4 Å². The standard InChI is InChI=1S/C15H22N4O2/c1-12(2)17-14(20)11-18-7-9-19(10-8-18)15(21)13-5-3-4-6-16-13/h3-6,12H,7-11H2,1-2H3,(H,17,20). The second-order valence-electron chi connectivity index (χ2n) is 5.51. The van der Waals surface area contributed by atoms with Crippen molar-refractivity contribution in [3.05, 3.63) is 30.1 Å². The zero-order valence-corrected chi connectivity index (χ0v) is 12.6. The fourth-order valence-electron chi connectivity index (χ4n) is 2.33. The highest BCUT2D eigenvalue weighted by molar-refractivity contribution is 5.92. The van der Waals surface area contributed by atoms with Gasteiger partial charge in [-0.3, -0.25) is 19.5 Å². The van der Waals surface area contributed by atoms with E-state index in [1.807, 2.05) is 19.9 Å². The number of carbonyl (C=O) groups excluding carboxylic acids is 2. The van der Waals surface area contributed by atoms with E-state index < -0.39 is 0 Å². The van der Waals surface area contributed by atoms with Crippen molar-refractivity contribution < 1.29 is 9.59 Å². The van der Waals surface area contributed by atoms with Crippen LogP contribution in [0.3, 0.4) is 0 Å². The van der Waals surface area contributed by atoms with Crippen molar-refractivity contribution in [3.63, 3.8) is 0 Å². The van der Waals surface area contributed by atoms with Crippen LogP contribution in [0, 0.1) is 0 Å². The quantitative estimate of drug-likeness (QED) is 0.870. The predicted molar refractivity (Wildman–Crippen MR) is 79.9 cm³/mol. The van der Waals surface area contributed by atoms with Crippen LogP contribution in [-0.4, -0.2) is 65.4 Å². The molecule has 0 saturated carbocycles. The molecule has 1 aliphatic heterocycles. The van der Waals surface area contributed by atoms with Gasteiger partial charge in [-0.2, -0.15) is 0 Å². The highest BCUT2D eigenvalue weighted by Crippen LogP contribution is 2.06. The molecule has 1 fully saturated rings. The average molecular weight is 290 g/mol. The first-order valence-electron chi connectivity index (χ1n) is 7.28. The van der Waals surface area contributed by atoms with Gasteiger partial charge in [-0.05, 0) is 26.0 Å². The lowest BCUT2D eigenvalue weighted by Gasteiger charge is -2.34. The second-order valence-corrected chi connectivity index (χ2v) is 5.51.